The summed E-state index contributed by atoms with van der Waals surface area (Å²) in [5, 5.41) is 3.51. The second-order valence-electron chi connectivity index (χ2n) is 6.08. The Morgan fingerprint density at radius 1 is 1.00 bits per heavy atom. The van der Waals surface area contributed by atoms with Gasteiger partial charge in [-0.15, -0.1) is 0 Å². The lowest BCUT2D eigenvalue weighted by Crippen LogP contribution is -2.14. The molecule has 1 aliphatic rings. The van der Waals surface area contributed by atoms with Crippen LogP contribution in [0.25, 0.3) is 11.1 Å². The fourth-order valence-electron chi connectivity index (χ4n) is 3.03. The second-order valence-corrected chi connectivity index (χ2v) is 6.08. The van der Waals surface area contributed by atoms with Crippen molar-refractivity contribution in [2.75, 3.05) is 6.54 Å². The molecule has 1 N–H and O–H groups in total. The first-order valence-electron chi connectivity index (χ1n) is 8.27. The number of benzene rings is 2. The van der Waals surface area contributed by atoms with Gasteiger partial charge in [0.15, 0.2) is 0 Å². The standard InChI is InChI=1S/C20H25N/c1-2-14-21-15-19-6-3-4-9-20(19)18-12-10-17(11-13-18)16-7-5-8-16/h3-4,6,9-13,16,21H,2,5,7-8,14-15H2,1H3. The van der Waals surface area contributed by atoms with Gasteiger partial charge in [0.2, 0.25) is 0 Å². The van der Waals surface area contributed by atoms with Crippen molar-refractivity contribution in [3.05, 3.63) is 59.7 Å². The van der Waals surface area contributed by atoms with Gasteiger partial charge in [-0.1, -0.05) is 61.9 Å². The summed E-state index contributed by atoms with van der Waals surface area (Å²) < 4.78 is 0. The van der Waals surface area contributed by atoms with Crippen LogP contribution in [-0.4, -0.2) is 6.54 Å². The van der Waals surface area contributed by atoms with Crippen molar-refractivity contribution in [2.24, 2.45) is 0 Å². The van der Waals surface area contributed by atoms with Crippen LogP contribution in [0.1, 0.15) is 49.7 Å². The highest BCUT2D eigenvalue weighted by atomic mass is 14.8. The molecule has 0 radical (unpaired) electrons. The van der Waals surface area contributed by atoms with Crippen molar-refractivity contribution >= 4 is 0 Å². The molecule has 1 aliphatic carbocycles. The van der Waals surface area contributed by atoms with Gasteiger partial charge in [0.1, 0.15) is 0 Å². The van der Waals surface area contributed by atoms with Gasteiger partial charge in [-0.05, 0) is 54.0 Å². The van der Waals surface area contributed by atoms with Gasteiger partial charge in [0.05, 0.1) is 0 Å². The van der Waals surface area contributed by atoms with Crippen LogP contribution in [0.15, 0.2) is 48.5 Å². The van der Waals surface area contributed by atoms with Gasteiger partial charge in [0, 0.05) is 6.54 Å². The smallest absolute Gasteiger partial charge is 0.0211 e. The van der Waals surface area contributed by atoms with Crippen LogP contribution < -0.4 is 5.32 Å². The Labute approximate surface area is 128 Å². The van der Waals surface area contributed by atoms with Crippen LogP contribution in [0.2, 0.25) is 0 Å². The molecule has 0 aliphatic heterocycles. The van der Waals surface area contributed by atoms with Crippen LogP contribution in [0.5, 0.6) is 0 Å². The van der Waals surface area contributed by atoms with E-state index in [4.69, 9.17) is 0 Å². The third-order valence-electron chi connectivity index (χ3n) is 4.56. The summed E-state index contributed by atoms with van der Waals surface area (Å²) >= 11 is 0. The fourth-order valence-corrected chi connectivity index (χ4v) is 3.03. The molecular formula is C20H25N. The third-order valence-corrected chi connectivity index (χ3v) is 4.56. The van der Waals surface area contributed by atoms with Gasteiger partial charge >= 0.3 is 0 Å². The second kappa shape index (κ2) is 6.91. The minimum atomic E-state index is 0.820. The first-order valence-corrected chi connectivity index (χ1v) is 8.27. The monoisotopic (exact) mass is 279 g/mol. The molecule has 3 rings (SSSR count). The zero-order chi connectivity index (χ0) is 14.5. The zero-order valence-corrected chi connectivity index (χ0v) is 12.9. The summed E-state index contributed by atoms with van der Waals surface area (Å²) in [7, 11) is 0. The highest BCUT2D eigenvalue weighted by molar-refractivity contribution is 5.67. The fraction of sp³-hybridized carbons (Fsp3) is 0.400. The number of hydrogen-bond acceptors (Lipinski definition) is 1. The SMILES string of the molecule is CCCNCc1ccccc1-c1ccc(C2CCC2)cc1. The molecule has 1 nitrogen and oxygen atoms in total. The van der Waals surface area contributed by atoms with E-state index < -0.39 is 0 Å². The summed E-state index contributed by atoms with van der Waals surface area (Å²) in [6.45, 7) is 4.24. The molecule has 0 atom stereocenters. The summed E-state index contributed by atoms with van der Waals surface area (Å²) in [6.07, 6.45) is 5.32. The Kier molecular flexibility index (Phi) is 4.72. The van der Waals surface area contributed by atoms with Crippen molar-refractivity contribution in [1.82, 2.24) is 5.32 Å². The molecule has 1 saturated carbocycles. The van der Waals surface area contributed by atoms with Crippen LogP contribution in [0.4, 0.5) is 0 Å². The van der Waals surface area contributed by atoms with E-state index in [1.165, 1.54) is 47.9 Å². The molecule has 0 unspecified atom stereocenters. The van der Waals surface area contributed by atoms with Gasteiger partial charge in [-0.2, -0.15) is 0 Å². The van der Waals surface area contributed by atoms with E-state index in [2.05, 4.69) is 60.8 Å². The third kappa shape index (κ3) is 3.36. The maximum atomic E-state index is 3.51. The predicted molar refractivity (Wildman–Crippen MR) is 90.5 cm³/mol. The molecule has 1 fully saturated rings. The first kappa shape index (κ1) is 14.3. The minimum absolute atomic E-state index is 0.820. The Bertz CT molecular complexity index is 567. The van der Waals surface area contributed by atoms with E-state index in [0.717, 1.165) is 19.0 Å². The van der Waals surface area contributed by atoms with Gasteiger partial charge in [-0.25, -0.2) is 0 Å². The predicted octanol–water partition coefficient (Wildman–Crippen LogP) is 5.12. The molecule has 0 heterocycles. The Hall–Kier alpha value is -1.60. The summed E-state index contributed by atoms with van der Waals surface area (Å²) in [5.74, 6) is 0.820. The first-order chi connectivity index (χ1) is 10.4. The number of rotatable bonds is 6. The van der Waals surface area contributed by atoms with Gasteiger partial charge in [-0.3, -0.25) is 0 Å². The number of nitrogens with one attached hydrogen (secondary N) is 1. The van der Waals surface area contributed by atoms with E-state index in [1.54, 1.807) is 0 Å². The molecule has 0 saturated heterocycles. The zero-order valence-electron chi connectivity index (χ0n) is 12.9. The van der Waals surface area contributed by atoms with Crippen molar-refractivity contribution in [2.45, 2.75) is 45.1 Å². The van der Waals surface area contributed by atoms with Crippen molar-refractivity contribution in [3.63, 3.8) is 0 Å². The molecule has 0 aromatic heterocycles. The van der Waals surface area contributed by atoms with E-state index in [1.807, 2.05) is 0 Å². The molecule has 2 aromatic carbocycles. The quantitative estimate of drug-likeness (QED) is 0.724. The molecule has 1 heteroatoms. The average Bonchev–Trinajstić information content (AvgIpc) is 2.47. The summed E-state index contributed by atoms with van der Waals surface area (Å²) in [6, 6.07) is 18.0. The largest absolute Gasteiger partial charge is 0.313 e. The van der Waals surface area contributed by atoms with Crippen molar-refractivity contribution in [1.29, 1.82) is 0 Å². The lowest BCUT2D eigenvalue weighted by Gasteiger charge is -2.25. The minimum Gasteiger partial charge on any atom is -0.313 e. The van der Waals surface area contributed by atoms with E-state index in [-0.39, 0.29) is 0 Å². The van der Waals surface area contributed by atoms with E-state index in [9.17, 15) is 0 Å². The Morgan fingerprint density at radius 2 is 1.76 bits per heavy atom. The lowest BCUT2D eigenvalue weighted by molar-refractivity contribution is 0.420. The van der Waals surface area contributed by atoms with Gasteiger partial charge < -0.3 is 5.32 Å². The molecule has 2 aromatic rings. The average molecular weight is 279 g/mol. The highest BCUT2D eigenvalue weighted by Gasteiger charge is 2.19. The molecule has 0 amide bonds. The lowest BCUT2D eigenvalue weighted by atomic mass is 9.80. The van der Waals surface area contributed by atoms with Crippen molar-refractivity contribution in [3.8, 4) is 11.1 Å². The summed E-state index contributed by atoms with van der Waals surface area (Å²) in [4.78, 5) is 0. The molecule has 0 bridgehead atoms. The maximum absolute atomic E-state index is 3.51. The van der Waals surface area contributed by atoms with E-state index >= 15 is 0 Å². The Balaban J connectivity index is 1.78. The van der Waals surface area contributed by atoms with E-state index in [0.29, 0.717) is 0 Å². The van der Waals surface area contributed by atoms with Gasteiger partial charge in [0.25, 0.3) is 0 Å². The molecule has 0 spiro atoms. The highest BCUT2D eigenvalue weighted by Crippen LogP contribution is 2.37. The van der Waals surface area contributed by atoms with Crippen LogP contribution in [-0.2, 0) is 6.54 Å². The normalized spacial score (nSPS) is 14.9. The molecule has 110 valence electrons. The molecule has 21 heavy (non-hydrogen) atoms. The van der Waals surface area contributed by atoms with Crippen LogP contribution in [0, 0.1) is 0 Å². The topological polar surface area (TPSA) is 12.0 Å². The Morgan fingerprint density at radius 3 is 2.43 bits per heavy atom. The van der Waals surface area contributed by atoms with Crippen molar-refractivity contribution < 1.29 is 0 Å². The van der Waals surface area contributed by atoms with Crippen LogP contribution in [0.3, 0.4) is 0 Å². The summed E-state index contributed by atoms with van der Waals surface area (Å²) in [5.41, 5.74) is 5.61. The number of hydrogen-bond donors (Lipinski definition) is 1. The maximum Gasteiger partial charge on any atom is 0.0211 e. The van der Waals surface area contributed by atoms with Crippen LogP contribution >= 0.6 is 0 Å². The molecular weight excluding hydrogens is 254 g/mol.